The molecule has 1 aromatic rings. The molecule has 2 heterocycles. The van der Waals surface area contributed by atoms with Crippen molar-refractivity contribution in [2.75, 3.05) is 26.2 Å². The van der Waals surface area contributed by atoms with Gasteiger partial charge >= 0.3 is 0 Å². The fraction of sp³-hybridized carbons (Fsp3) is 0.538. The predicted molar refractivity (Wildman–Crippen MR) is 68.2 cm³/mol. The van der Waals surface area contributed by atoms with Gasteiger partial charge < -0.3 is 10.4 Å². The summed E-state index contributed by atoms with van der Waals surface area (Å²) in [4.78, 5) is 2.42. The Morgan fingerprint density at radius 1 is 1.29 bits per heavy atom. The first-order valence-electron chi connectivity index (χ1n) is 6.13. The molecule has 0 radical (unpaired) electrons. The van der Waals surface area contributed by atoms with E-state index >= 15 is 0 Å². The number of benzene rings is 1. The van der Waals surface area contributed by atoms with E-state index < -0.39 is 0 Å². The van der Waals surface area contributed by atoms with Crippen molar-refractivity contribution < 1.29 is 5.11 Å². The molecule has 0 spiro atoms. The molecule has 92 valence electrons. The SMILES string of the molecule is Oc1ccc(Cl)cc1CN1CC2CNCC2C1. The summed E-state index contributed by atoms with van der Waals surface area (Å²) < 4.78 is 0. The molecule has 17 heavy (non-hydrogen) atoms. The van der Waals surface area contributed by atoms with Crippen molar-refractivity contribution in [1.29, 1.82) is 0 Å². The van der Waals surface area contributed by atoms with E-state index in [1.165, 1.54) is 0 Å². The highest BCUT2D eigenvalue weighted by Gasteiger charge is 2.35. The summed E-state index contributed by atoms with van der Waals surface area (Å²) in [5.41, 5.74) is 0.936. The molecule has 0 aliphatic carbocycles. The van der Waals surface area contributed by atoms with E-state index in [0.29, 0.717) is 10.8 Å². The molecule has 2 N–H and O–H groups in total. The normalized spacial score (nSPS) is 28.5. The Morgan fingerprint density at radius 2 is 2.00 bits per heavy atom. The Labute approximate surface area is 106 Å². The summed E-state index contributed by atoms with van der Waals surface area (Å²) >= 11 is 5.96. The minimum atomic E-state index is 0.351. The molecule has 0 aromatic heterocycles. The maximum Gasteiger partial charge on any atom is 0.120 e. The van der Waals surface area contributed by atoms with Crippen molar-refractivity contribution in [3.8, 4) is 5.75 Å². The van der Waals surface area contributed by atoms with Crippen molar-refractivity contribution in [2.24, 2.45) is 11.8 Å². The number of halogens is 1. The molecule has 2 unspecified atom stereocenters. The average Bonchev–Trinajstić information content (AvgIpc) is 2.83. The Morgan fingerprint density at radius 3 is 2.71 bits per heavy atom. The fourth-order valence-corrected chi connectivity index (χ4v) is 3.20. The van der Waals surface area contributed by atoms with Gasteiger partial charge in [0.05, 0.1) is 0 Å². The van der Waals surface area contributed by atoms with Gasteiger partial charge in [-0.05, 0) is 43.1 Å². The first-order chi connectivity index (χ1) is 8.22. The lowest BCUT2D eigenvalue weighted by Crippen LogP contribution is -2.25. The zero-order valence-corrected chi connectivity index (χ0v) is 10.5. The van der Waals surface area contributed by atoms with Crippen molar-refractivity contribution >= 4 is 11.6 Å². The van der Waals surface area contributed by atoms with Gasteiger partial charge in [0.15, 0.2) is 0 Å². The predicted octanol–water partition coefficient (Wildman–Crippen LogP) is 1.70. The van der Waals surface area contributed by atoms with Crippen LogP contribution in [0.25, 0.3) is 0 Å². The van der Waals surface area contributed by atoms with Crippen LogP contribution in [0.5, 0.6) is 5.75 Å². The van der Waals surface area contributed by atoms with Crippen LogP contribution in [0.3, 0.4) is 0 Å². The molecule has 3 nitrogen and oxygen atoms in total. The molecule has 2 saturated heterocycles. The Hall–Kier alpha value is -0.770. The van der Waals surface area contributed by atoms with Gasteiger partial charge in [-0.15, -0.1) is 0 Å². The Kier molecular flexibility index (Phi) is 2.99. The lowest BCUT2D eigenvalue weighted by Gasteiger charge is -2.17. The van der Waals surface area contributed by atoms with Crippen LogP contribution in [-0.4, -0.2) is 36.2 Å². The highest BCUT2D eigenvalue weighted by atomic mass is 35.5. The number of fused-ring (bicyclic) bond motifs is 1. The van der Waals surface area contributed by atoms with E-state index in [4.69, 9.17) is 11.6 Å². The minimum Gasteiger partial charge on any atom is -0.508 e. The maximum atomic E-state index is 9.80. The molecule has 2 aliphatic heterocycles. The standard InChI is InChI=1S/C13H17ClN2O/c14-12-1-2-13(17)9(3-12)6-16-7-10-4-15-5-11(10)8-16/h1-3,10-11,15,17H,4-8H2. The summed E-state index contributed by atoms with van der Waals surface area (Å²) in [6, 6.07) is 5.27. The number of phenols is 1. The topological polar surface area (TPSA) is 35.5 Å². The van der Waals surface area contributed by atoms with Crippen LogP contribution in [-0.2, 0) is 6.54 Å². The lowest BCUT2D eigenvalue weighted by molar-refractivity contribution is 0.300. The van der Waals surface area contributed by atoms with Crippen LogP contribution in [0, 0.1) is 11.8 Å². The van der Waals surface area contributed by atoms with Gasteiger partial charge in [-0.1, -0.05) is 11.6 Å². The van der Waals surface area contributed by atoms with Crippen LogP contribution in [0.2, 0.25) is 5.02 Å². The summed E-state index contributed by atoms with van der Waals surface area (Å²) in [5, 5.41) is 13.9. The van der Waals surface area contributed by atoms with Crippen LogP contribution < -0.4 is 5.32 Å². The summed E-state index contributed by atoms with van der Waals surface area (Å²) in [6.45, 7) is 5.35. The zero-order chi connectivity index (χ0) is 11.8. The van der Waals surface area contributed by atoms with Crippen LogP contribution in [0.15, 0.2) is 18.2 Å². The molecular weight excluding hydrogens is 236 g/mol. The second kappa shape index (κ2) is 4.48. The van der Waals surface area contributed by atoms with Gasteiger partial charge in [-0.3, -0.25) is 4.90 Å². The number of aromatic hydroxyl groups is 1. The van der Waals surface area contributed by atoms with Gasteiger partial charge in [-0.25, -0.2) is 0 Å². The summed E-state index contributed by atoms with van der Waals surface area (Å²) in [7, 11) is 0. The van der Waals surface area contributed by atoms with Gasteiger partial charge in [0, 0.05) is 30.2 Å². The van der Waals surface area contributed by atoms with Gasteiger partial charge in [0.1, 0.15) is 5.75 Å². The van der Waals surface area contributed by atoms with Crippen LogP contribution >= 0.6 is 11.6 Å². The quantitative estimate of drug-likeness (QED) is 0.841. The summed E-state index contributed by atoms with van der Waals surface area (Å²) in [6.07, 6.45) is 0. The zero-order valence-electron chi connectivity index (χ0n) is 9.69. The molecule has 1 aromatic carbocycles. The number of phenolic OH excluding ortho intramolecular Hbond substituents is 1. The van der Waals surface area contributed by atoms with E-state index in [-0.39, 0.29) is 0 Å². The van der Waals surface area contributed by atoms with Crippen molar-refractivity contribution in [3.63, 3.8) is 0 Å². The van der Waals surface area contributed by atoms with Gasteiger partial charge in [0.2, 0.25) is 0 Å². The Balaban J connectivity index is 1.69. The second-order valence-electron chi connectivity index (χ2n) is 5.15. The van der Waals surface area contributed by atoms with Gasteiger partial charge in [0.25, 0.3) is 0 Å². The van der Waals surface area contributed by atoms with Gasteiger partial charge in [-0.2, -0.15) is 0 Å². The van der Waals surface area contributed by atoms with E-state index in [1.54, 1.807) is 12.1 Å². The Bertz CT molecular complexity index is 412. The monoisotopic (exact) mass is 252 g/mol. The number of nitrogens with one attached hydrogen (secondary N) is 1. The molecule has 2 aliphatic rings. The number of likely N-dealkylation sites (tertiary alicyclic amines) is 1. The first kappa shape index (κ1) is 11.3. The highest BCUT2D eigenvalue weighted by molar-refractivity contribution is 6.30. The second-order valence-corrected chi connectivity index (χ2v) is 5.58. The lowest BCUT2D eigenvalue weighted by atomic mass is 10.0. The molecule has 0 bridgehead atoms. The van der Waals surface area contributed by atoms with E-state index in [0.717, 1.165) is 50.1 Å². The third-order valence-corrected chi connectivity index (χ3v) is 4.14. The molecular formula is C13H17ClN2O. The van der Waals surface area contributed by atoms with E-state index in [2.05, 4.69) is 10.2 Å². The highest BCUT2D eigenvalue weighted by Crippen LogP contribution is 2.29. The summed E-state index contributed by atoms with van der Waals surface area (Å²) in [5.74, 6) is 1.93. The van der Waals surface area contributed by atoms with E-state index in [9.17, 15) is 5.11 Å². The average molecular weight is 253 g/mol. The van der Waals surface area contributed by atoms with Crippen LogP contribution in [0.4, 0.5) is 0 Å². The molecule has 0 amide bonds. The largest absolute Gasteiger partial charge is 0.508 e. The third kappa shape index (κ3) is 2.28. The van der Waals surface area contributed by atoms with Crippen molar-refractivity contribution in [1.82, 2.24) is 10.2 Å². The molecule has 4 heteroatoms. The number of hydrogen-bond donors (Lipinski definition) is 2. The van der Waals surface area contributed by atoms with Crippen molar-refractivity contribution in [2.45, 2.75) is 6.54 Å². The molecule has 2 atom stereocenters. The van der Waals surface area contributed by atoms with Crippen LogP contribution in [0.1, 0.15) is 5.56 Å². The molecule has 2 fully saturated rings. The smallest absolute Gasteiger partial charge is 0.120 e. The number of nitrogens with zero attached hydrogens (tertiary/aromatic N) is 1. The maximum absolute atomic E-state index is 9.80. The molecule has 3 rings (SSSR count). The number of hydrogen-bond acceptors (Lipinski definition) is 3. The van der Waals surface area contributed by atoms with Crippen molar-refractivity contribution in [3.05, 3.63) is 28.8 Å². The van der Waals surface area contributed by atoms with E-state index in [1.807, 2.05) is 6.07 Å². The minimum absolute atomic E-state index is 0.351. The first-order valence-corrected chi connectivity index (χ1v) is 6.50. The third-order valence-electron chi connectivity index (χ3n) is 3.90. The molecule has 0 saturated carbocycles. The fourth-order valence-electron chi connectivity index (χ4n) is 3.00. The number of rotatable bonds is 2.